The largest absolute Gasteiger partial charge is 0.472 e. The van der Waals surface area contributed by atoms with Crippen LogP contribution in [0.25, 0.3) is 22.3 Å². The van der Waals surface area contributed by atoms with Crippen LogP contribution in [0.4, 0.5) is 4.39 Å². The number of phosphoric acid groups is 2. The molecule has 59 heavy (non-hydrogen) atoms. The predicted octanol–water partition coefficient (Wildman–Crippen LogP) is 1.83. The number of aromatic nitrogens is 8. The molecule has 0 aliphatic carbocycles. The van der Waals surface area contributed by atoms with E-state index in [0.29, 0.717) is 0 Å². The summed E-state index contributed by atoms with van der Waals surface area (Å²) in [7, 11) is -10.3. The minimum absolute atomic E-state index is 0.0193. The number of fused-ring (bicyclic) bond motifs is 5. The quantitative estimate of drug-likeness (QED) is 0.206. The smallest absolute Gasteiger partial charge is 0.443 e. The first-order valence-electron chi connectivity index (χ1n) is 18.0. The number of hydrogen-bond donors (Lipinski definition) is 2. The molecule has 3 fully saturated rings. The molecule has 7 heterocycles. The summed E-state index contributed by atoms with van der Waals surface area (Å²) in [4.78, 5) is 89.1. The molecule has 0 amide bonds. The highest BCUT2D eigenvalue weighted by atomic mass is 31.2. The van der Waals surface area contributed by atoms with E-state index in [2.05, 4.69) is 19.9 Å². The molecule has 9 atom stereocenters. The maximum atomic E-state index is 16.0. The first kappa shape index (κ1) is 42.8. The van der Waals surface area contributed by atoms with E-state index in [-0.39, 0.29) is 28.7 Å². The van der Waals surface area contributed by atoms with Crippen LogP contribution in [-0.4, -0.2) is 104 Å². The van der Waals surface area contributed by atoms with Crippen molar-refractivity contribution >= 4 is 49.9 Å². The van der Waals surface area contributed by atoms with Crippen molar-refractivity contribution in [3.8, 4) is 0 Å². The minimum Gasteiger partial charge on any atom is -0.443 e. The van der Waals surface area contributed by atoms with Crippen molar-refractivity contribution in [1.29, 1.82) is 0 Å². The van der Waals surface area contributed by atoms with Gasteiger partial charge in [0, 0.05) is 6.42 Å². The fourth-order valence-electron chi connectivity index (χ4n) is 6.18. The normalized spacial score (nSPS) is 30.7. The van der Waals surface area contributed by atoms with Crippen LogP contribution in [0.1, 0.15) is 60.4 Å². The van der Waals surface area contributed by atoms with Gasteiger partial charge in [0.25, 0.3) is 11.1 Å². The van der Waals surface area contributed by atoms with Gasteiger partial charge < -0.3 is 28.7 Å². The van der Waals surface area contributed by atoms with E-state index < -0.39 is 119 Å². The van der Waals surface area contributed by atoms with Crippen molar-refractivity contribution in [2.75, 3.05) is 13.2 Å². The molecule has 27 heteroatoms. The highest BCUT2D eigenvalue weighted by molar-refractivity contribution is 7.47. The molecule has 2 unspecified atom stereocenters. The maximum absolute atomic E-state index is 16.0. The number of rotatable bonds is 6. The standard InChI is InChI=1S/C32H41FN8O16P2/c1-31(2,3)29(44)50-14-38-10-36-24-21(26(38)42)34-12-40(24)19-7-16-17(54-19)8-52-59(48,49)57-23-20(33)18(9-53-58(46,47)56-16)55-28(23)41-13-35-22-25(41)37-11-39(27(22)43)15-51-30(45)32(4,5)6/h10-13,16-20,23,28H,7-9,14-15H2,1-6H3,(H,46,47)(H,48,49)/t16-,17+,18+,19+,20-,23+,28+/m0/s1. The van der Waals surface area contributed by atoms with Gasteiger partial charge in [-0.3, -0.25) is 55.5 Å². The molecule has 0 radical (unpaired) electrons. The number of phosphoric ester groups is 2. The molecule has 0 saturated carbocycles. The number of ether oxygens (including phenoxy) is 4. The predicted molar refractivity (Wildman–Crippen MR) is 193 cm³/mol. The zero-order chi connectivity index (χ0) is 42.8. The van der Waals surface area contributed by atoms with Gasteiger partial charge >= 0.3 is 27.6 Å². The maximum Gasteiger partial charge on any atom is 0.472 e. The highest BCUT2D eigenvalue weighted by Gasteiger charge is 2.53. The number of nitrogens with zero attached hydrogens (tertiary/aromatic N) is 8. The minimum atomic E-state index is -5.23. The van der Waals surface area contributed by atoms with Crippen LogP contribution in [0.5, 0.6) is 0 Å². The Kier molecular flexibility index (Phi) is 11.3. The molecule has 7 rings (SSSR count). The summed E-state index contributed by atoms with van der Waals surface area (Å²) in [5, 5.41) is 0. The van der Waals surface area contributed by atoms with Crippen molar-refractivity contribution < 1.29 is 69.9 Å². The van der Waals surface area contributed by atoms with Gasteiger partial charge in [-0.25, -0.2) is 33.5 Å². The Bertz CT molecular complexity index is 2490. The lowest BCUT2D eigenvalue weighted by Crippen LogP contribution is -2.32. The summed E-state index contributed by atoms with van der Waals surface area (Å²) in [5.41, 5.74) is -3.64. The van der Waals surface area contributed by atoms with E-state index in [1.807, 2.05) is 0 Å². The lowest BCUT2D eigenvalue weighted by atomic mass is 9.97. The van der Waals surface area contributed by atoms with Crippen molar-refractivity contribution in [1.82, 2.24) is 38.2 Å². The summed E-state index contributed by atoms with van der Waals surface area (Å²) >= 11 is 0. The average Bonchev–Trinajstić information content (AvgIpc) is 3.93. The Balaban J connectivity index is 1.10. The van der Waals surface area contributed by atoms with Gasteiger partial charge in [-0.2, -0.15) is 0 Å². The summed E-state index contributed by atoms with van der Waals surface area (Å²) in [5.74, 6) is -1.14. The van der Waals surface area contributed by atoms with Gasteiger partial charge in [0.2, 0.25) is 0 Å². The van der Waals surface area contributed by atoms with Gasteiger partial charge in [0.15, 0.2) is 48.2 Å². The third-order valence-corrected chi connectivity index (χ3v) is 11.3. The van der Waals surface area contributed by atoms with E-state index in [0.717, 1.165) is 32.7 Å². The Hall–Kier alpha value is -4.29. The fraction of sp³-hybridized carbons (Fsp3) is 0.625. The van der Waals surface area contributed by atoms with Crippen molar-refractivity contribution in [2.24, 2.45) is 10.8 Å². The third-order valence-electron chi connectivity index (χ3n) is 9.35. The third kappa shape index (κ3) is 8.81. The number of carbonyl (C=O) groups is 2. The van der Waals surface area contributed by atoms with Gasteiger partial charge in [0.05, 0.1) is 36.7 Å². The molecule has 2 bridgehead atoms. The number of hydrogen-bond acceptors (Lipinski definition) is 18. The van der Waals surface area contributed by atoms with Crippen LogP contribution in [0.15, 0.2) is 34.9 Å². The van der Waals surface area contributed by atoms with Gasteiger partial charge in [-0.05, 0) is 41.5 Å². The molecule has 3 aliphatic heterocycles. The Morgan fingerprint density at radius 3 is 1.78 bits per heavy atom. The molecular weight excluding hydrogens is 833 g/mol. The lowest BCUT2D eigenvalue weighted by Gasteiger charge is -2.25. The number of esters is 2. The van der Waals surface area contributed by atoms with E-state index >= 15 is 4.39 Å². The summed E-state index contributed by atoms with van der Waals surface area (Å²) in [6.07, 6.45) is -7.25. The van der Waals surface area contributed by atoms with Crippen LogP contribution >= 0.6 is 15.6 Å². The molecule has 0 aromatic carbocycles. The topological polar surface area (TPSA) is 288 Å². The number of halogens is 1. The highest BCUT2D eigenvalue weighted by Crippen LogP contribution is 2.54. The zero-order valence-corrected chi connectivity index (χ0v) is 34.1. The second kappa shape index (κ2) is 15.6. The van der Waals surface area contributed by atoms with Crippen LogP contribution in [0.2, 0.25) is 0 Å². The van der Waals surface area contributed by atoms with Crippen LogP contribution in [0.3, 0.4) is 0 Å². The van der Waals surface area contributed by atoms with Gasteiger partial charge in [-0.15, -0.1) is 0 Å². The van der Waals surface area contributed by atoms with E-state index in [1.165, 1.54) is 10.9 Å². The first-order chi connectivity index (χ1) is 27.5. The Labute approximate surface area is 332 Å². The molecule has 3 saturated heterocycles. The SMILES string of the molecule is CC(C)(C)C(=O)OCn1cnc2c(ncn2[C@@H]2O[C@@H]3COP(=O)(O)O[C@H]4C[C@H](n5cnc6c(=O)n(COC(=O)C(C)(C)C)cnc65)O[C@@H]4COP(=O)(O)O[C@@H]2[C@H]3F)c1=O. The van der Waals surface area contributed by atoms with E-state index in [4.69, 9.17) is 37.0 Å². The molecule has 2 N–H and O–H groups in total. The number of imidazole rings is 2. The molecular formula is C32H41FN8O16P2. The van der Waals surface area contributed by atoms with Gasteiger partial charge in [0.1, 0.15) is 43.3 Å². The van der Waals surface area contributed by atoms with Crippen LogP contribution < -0.4 is 11.1 Å². The molecule has 4 aromatic rings. The first-order valence-corrected chi connectivity index (χ1v) is 21.0. The zero-order valence-electron chi connectivity index (χ0n) is 32.3. The molecule has 4 aromatic heterocycles. The molecule has 3 aliphatic rings. The monoisotopic (exact) mass is 874 g/mol. The van der Waals surface area contributed by atoms with Crippen LogP contribution in [-0.2, 0) is 69.2 Å². The fourth-order valence-corrected chi connectivity index (χ4v) is 8.07. The van der Waals surface area contributed by atoms with Crippen LogP contribution in [0, 0.1) is 10.8 Å². The Morgan fingerprint density at radius 2 is 1.24 bits per heavy atom. The van der Waals surface area contributed by atoms with E-state index in [9.17, 15) is 38.1 Å². The molecule has 24 nitrogen and oxygen atoms in total. The summed E-state index contributed by atoms with van der Waals surface area (Å²) in [6, 6.07) is 0. The Morgan fingerprint density at radius 1 is 0.746 bits per heavy atom. The lowest BCUT2D eigenvalue weighted by molar-refractivity contribution is -0.157. The number of carbonyl (C=O) groups excluding carboxylic acids is 2. The van der Waals surface area contributed by atoms with Crippen molar-refractivity contribution in [3.63, 3.8) is 0 Å². The summed E-state index contributed by atoms with van der Waals surface area (Å²) < 4.78 is 90.4. The second-order valence-electron chi connectivity index (χ2n) is 15.9. The van der Waals surface area contributed by atoms with Crippen molar-refractivity contribution in [3.05, 3.63) is 46.0 Å². The summed E-state index contributed by atoms with van der Waals surface area (Å²) in [6.45, 7) is 7.17. The van der Waals surface area contributed by atoms with Crippen molar-refractivity contribution in [2.45, 2.75) is 104 Å². The molecule has 0 spiro atoms. The van der Waals surface area contributed by atoms with Gasteiger partial charge in [-0.1, -0.05) is 0 Å². The van der Waals surface area contributed by atoms with E-state index in [1.54, 1.807) is 41.5 Å². The second-order valence-corrected chi connectivity index (χ2v) is 18.7. The molecule has 322 valence electrons. The number of alkyl halides is 1. The average molecular weight is 875 g/mol.